The van der Waals surface area contributed by atoms with Crippen LogP contribution in [0.25, 0.3) is 0 Å². The van der Waals surface area contributed by atoms with E-state index in [-0.39, 0.29) is 18.3 Å². The minimum absolute atomic E-state index is 0.215. The summed E-state index contributed by atoms with van der Waals surface area (Å²) < 4.78 is 55.4. The molecule has 0 spiro atoms. The van der Waals surface area contributed by atoms with Crippen molar-refractivity contribution in [2.45, 2.75) is 30.7 Å². The van der Waals surface area contributed by atoms with Gasteiger partial charge in [-0.05, 0) is 12.8 Å². The van der Waals surface area contributed by atoms with Gasteiger partial charge in [0, 0.05) is 19.3 Å². The molecule has 22 heavy (non-hydrogen) atoms. The molecule has 2 rings (SSSR count). The van der Waals surface area contributed by atoms with Crippen LogP contribution in [-0.2, 0) is 24.6 Å². The summed E-state index contributed by atoms with van der Waals surface area (Å²) in [4.78, 5) is 12.2. The van der Waals surface area contributed by atoms with Gasteiger partial charge in [-0.15, -0.1) is 0 Å². The van der Waals surface area contributed by atoms with Crippen molar-refractivity contribution in [3.05, 3.63) is 35.9 Å². The Hall–Kier alpha value is -1.60. The molecule has 1 aliphatic heterocycles. The third-order valence-electron chi connectivity index (χ3n) is 3.60. The number of hydrogen-bond donors (Lipinski definition) is 0. The van der Waals surface area contributed by atoms with E-state index in [0.29, 0.717) is 13.0 Å². The number of hydrogen-bond acceptors (Lipinski definition) is 4. The molecule has 0 unspecified atom stereocenters. The van der Waals surface area contributed by atoms with E-state index in [0.717, 1.165) is 13.5 Å². The average Bonchev–Trinajstić information content (AvgIpc) is 2.99. The number of benzene rings is 1. The highest BCUT2D eigenvalue weighted by Crippen LogP contribution is 2.43. The van der Waals surface area contributed by atoms with Gasteiger partial charge in [-0.2, -0.15) is 13.2 Å². The molecule has 1 saturated heterocycles. The second-order valence-corrected chi connectivity index (χ2v) is 4.98. The average molecular weight is 318 g/mol. The van der Waals surface area contributed by atoms with Gasteiger partial charge in [-0.1, -0.05) is 30.3 Å². The lowest BCUT2D eigenvalue weighted by Gasteiger charge is -2.32. The fourth-order valence-electron chi connectivity index (χ4n) is 2.43. The van der Waals surface area contributed by atoms with Crippen LogP contribution >= 0.6 is 0 Å². The minimum atomic E-state index is -4.95. The van der Waals surface area contributed by atoms with Crippen LogP contribution in [0.4, 0.5) is 13.2 Å². The van der Waals surface area contributed by atoms with E-state index in [1.807, 2.05) is 0 Å². The molecule has 7 heteroatoms. The molecule has 2 atom stereocenters. The van der Waals surface area contributed by atoms with Crippen LogP contribution in [-0.4, -0.2) is 38.6 Å². The minimum Gasteiger partial charge on any atom is -0.460 e. The van der Waals surface area contributed by atoms with Crippen molar-refractivity contribution in [2.24, 2.45) is 0 Å². The van der Waals surface area contributed by atoms with Crippen molar-refractivity contribution in [1.29, 1.82) is 0 Å². The first-order chi connectivity index (χ1) is 10.4. The predicted molar refractivity (Wildman–Crippen MR) is 71.1 cm³/mol. The van der Waals surface area contributed by atoms with Crippen molar-refractivity contribution in [2.75, 3.05) is 20.3 Å². The number of methoxy groups -OCH3 is 1. The highest BCUT2D eigenvalue weighted by molar-refractivity contribution is 5.82. The smallest absolute Gasteiger partial charge is 0.432 e. The molecule has 1 aromatic carbocycles. The Balaban J connectivity index is 2.25. The lowest BCUT2D eigenvalue weighted by Crippen LogP contribution is -2.52. The standard InChI is InChI=1S/C15H17F3O4/c1-20-14(15(16,17)18,11-6-3-2-4-7-11)13(19)22-10-12-8-5-9-21-12/h2-4,6-7,12H,5,8-10H2,1H3/t12-,14-/m0/s1. The second kappa shape index (κ2) is 6.66. The van der Waals surface area contributed by atoms with Crippen LogP contribution in [0.2, 0.25) is 0 Å². The van der Waals surface area contributed by atoms with Gasteiger partial charge < -0.3 is 14.2 Å². The van der Waals surface area contributed by atoms with Gasteiger partial charge in [-0.3, -0.25) is 0 Å². The first kappa shape index (κ1) is 16.8. The van der Waals surface area contributed by atoms with Crippen molar-refractivity contribution < 1.29 is 32.2 Å². The molecule has 4 nitrogen and oxygen atoms in total. The number of halogens is 3. The molecule has 0 aliphatic carbocycles. The van der Waals surface area contributed by atoms with Crippen LogP contribution in [0.3, 0.4) is 0 Å². The summed E-state index contributed by atoms with van der Waals surface area (Å²) in [7, 11) is 0.841. The molecule has 0 radical (unpaired) electrons. The van der Waals surface area contributed by atoms with Gasteiger partial charge >= 0.3 is 12.1 Å². The molecular formula is C15H17F3O4. The lowest BCUT2D eigenvalue weighted by molar-refractivity contribution is -0.277. The maximum Gasteiger partial charge on any atom is 0.432 e. The Morgan fingerprint density at radius 2 is 2.00 bits per heavy atom. The van der Waals surface area contributed by atoms with Crippen molar-refractivity contribution in [3.8, 4) is 0 Å². The fourth-order valence-corrected chi connectivity index (χ4v) is 2.43. The summed E-state index contributed by atoms with van der Waals surface area (Å²) in [5.41, 5.74) is -3.45. The van der Waals surface area contributed by atoms with E-state index in [1.54, 1.807) is 6.07 Å². The number of rotatable bonds is 5. The summed E-state index contributed by atoms with van der Waals surface area (Å²) in [6.45, 7) is 0.308. The molecule has 0 saturated carbocycles. The van der Waals surface area contributed by atoms with Gasteiger partial charge in [0.15, 0.2) is 0 Å². The summed E-state index contributed by atoms with van der Waals surface area (Å²) in [5, 5.41) is 0. The van der Waals surface area contributed by atoms with Gasteiger partial charge in [0.2, 0.25) is 0 Å². The Kier molecular flexibility index (Phi) is 5.08. The highest BCUT2D eigenvalue weighted by Gasteiger charge is 2.64. The SMILES string of the molecule is CO[C@](C(=O)OC[C@@H]1CCCO1)(c1ccccc1)C(F)(F)F. The number of esters is 1. The zero-order valence-electron chi connectivity index (χ0n) is 12.1. The molecule has 1 aliphatic rings. The lowest BCUT2D eigenvalue weighted by atomic mass is 9.93. The van der Waals surface area contributed by atoms with Crippen molar-refractivity contribution in [3.63, 3.8) is 0 Å². The Labute approximate surface area is 126 Å². The van der Waals surface area contributed by atoms with Crippen LogP contribution in [0, 0.1) is 0 Å². The summed E-state index contributed by atoms with van der Waals surface area (Å²) >= 11 is 0. The molecule has 1 heterocycles. The summed E-state index contributed by atoms with van der Waals surface area (Å²) in [6.07, 6.45) is -3.85. The van der Waals surface area contributed by atoms with Crippen molar-refractivity contribution >= 4 is 5.97 Å². The van der Waals surface area contributed by atoms with Gasteiger partial charge in [0.1, 0.15) is 6.61 Å². The number of carbonyl (C=O) groups excluding carboxylic acids is 1. The fraction of sp³-hybridized carbons (Fsp3) is 0.533. The second-order valence-electron chi connectivity index (χ2n) is 4.98. The van der Waals surface area contributed by atoms with Gasteiger partial charge in [0.05, 0.1) is 6.10 Å². The molecule has 0 amide bonds. The molecule has 1 fully saturated rings. The van der Waals surface area contributed by atoms with Crippen LogP contribution < -0.4 is 0 Å². The van der Waals surface area contributed by atoms with Crippen LogP contribution in [0.1, 0.15) is 18.4 Å². The number of carbonyl (C=O) groups is 1. The van der Waals surface area contributed by atoms with E-state index in [9.17, 15) is 18.0 Å². The van der Waals surface area contributed by atoms with E-state index < -0.39 is 17.7 Å². The van der Waals surface area contributed by atoms with E-state index in [1.165, 1.54) is 24.3 Å². The molecule has 1 aromatic rings. The maximum absolute atomic E-state index is 13.6. The zero-order chi connectivity index (χ0) is 16.2. The number of alkyl halides is 3. The molecule has 0 bridgehead atoms. The molecule has 0 N–H and O–H groups in total. The summed E-state index contributed by atoms with van der Waals surface area (Å²) in [5.74, 6) is -1.48. The van der Waals surface area contributed by atoms with Crippen molar-refractivity contribution in [1.82, 2.24) is 0 Å². The monoisotopic (exact) mass is 318 g/mol. The zero-order valence-corrected chi connectivity index (χ0v) is 12.1. The molecular weight excluding hydrogens is 301 g/mol. The maximum atomic E-state index is 13.6. The van der Waals surface area contributed by atoms with E-state index in [2.05, 4.69) is 4.74 Å². The van der Waals surface area contributed by atoms with E-state index in [4.69, 9.17) is 9.47 Å². The Morgan fingerprint density at radius 3 is 2.50 bits per heavy atom. The van der Waals surface area contributed by atoms with Gasteiger partial charge in [0.25, 0.3) is 5.60 Å². The normalized spacial score (nSPS) is 21.4. The Morgan fingerprint density at radius 1 is 1.32 bits per heavy atom. The highest BCUT2D eigenvalue weighted by atomic mass is 19.4. The topological polar surface area (TPSA) is 44.8 Å². The van der Waals surface area contributed by atoms with Crippen LogP contribution in [0.5, 0.6) is 0 Å². The van der Waals surface area contributed by atoms with E-state index >= 15 is 0 Å². The Bertz CT molecular complexity index is 497. The third-order valence-corrected chi connectivity index (χ3v) is 3.60. The van der Waals surface area contributed by atoms with Crippen LogP contribution in [0.15, 0.2) is 30.3 Å². The first-order valence-electron chi connectivity index (χ1n) is 6.88. The quantitative estimate of drug-likeness (QED) is 0.783. The molecule has 0 aromatic heterocycles. The third kappa shape index (κ3) is 3.10. The number of ether oxygens (including phenoxy) is 3. The molecule has 122 valence electrons. The summed E-state index contributed by atoms with van der Waals surface area (Å²) in [6, 6.07) is 6.73. The largest absolute Gasteiger partial charge is 0.460 e. The predicted octanol–water partition coefficient (Wildman–Crippen LogP) is 2.81. The first-order valence-corrected chi connectivity index (χ1v) is 6.88. The van der Waals surface area contributed by atoms with Gasteiger partial charge in [-0.25, -0.2) is 4.79 Å².